The van der Waals surface area contributed by atoms with Crippen LogP contribution in [-0.4, -0.2) is 19.4 Å². The maximum absolute atomic E-state index is 8.12. The number of ether oxygens (including phenoxy) is 1. The minimum absolute atomic E-state index is 0.250. The van der Waals surface area contributed by atoms with Crippen LogP contribution in [0.15, 0.2) is 0 Å². The molecule has 0 saturated heterocycles. The lowest BCUT2D eigenvalue weighted by atomic mass is 10.2. The van der Waals surface area contributed by atoms with Gasteiger partial charge in [0.05, 0.1) is 0 Å². The molecule has 3 heteroatoms. The molecule has 12 heavy (non-hydrogen) atoms. The molecule has 1 aliphatic carbocycles. The highest BCUT2D eigenvalue weighted by atomic mass is 16.5. The molecule has 0 atom stereocenters. The molecular weight excluding hydrogens is 156 g/mol. The molecule has 0 heterocycles. The summed E-state index contributed by atoms with van der Waals surface area (Å²) in [6, 6.07) is 0. The van der Waals surface area contributed by atoms with E-state index in [1.165, 1.54) is 12.8 Å². The highest BCUT2D eigenvalue weighted by molar-refractivity contribution is 5.20. The minimum atomic E-state index is 0.250. The Hall–Kier alpha value is -0.660. The van der Waals surface area contributed by atoms with Gasteiger partial charge in [0.2, 0.25) is 0 Å². The zero-order valence-electron chi connectivity index (χ0n) is 7.71. The van der Waals surface area contributed by atoms with Gasteiger partial charge in [-0.3, -0.25) is 0 Å². The van der Waals surface area contributed by atoms with E-state index in [0.29, 0.717) is 5.92 Å². The predicted molar refractivity (Wildman–Crippen MR) is 43.4 cm³/mol. The molecule has 1 fully saturated rings. The topological polar surface area (TPSA) is 43.4 Å². The van der Waals surface area contributed by atoms with Gasteiger partial charge in [-0.1, -0.05) is 13.8 Å². The molecule has 0 aliphatic heterocycles. The lowest BCUT2D eigenvalue weighted by Crippen LogP contribution is -2.03. The van der Waals surface area contributed by atoms with E-state index in [-0.39, 0.29) is 6.15 Å². The summed E-state index contributed by atoms with van der Waals surface area (Å²) >= 11 is 0. The molecule has 0 radical (unpaired) electrons. The smallest absolute Gasteiger partial charge is 0.373 e. The van der Waals surface area contributed by atoms with Crippen LogP contribution in [0.4, 0.5) is 0 Å². The third-order valence-corrected chi connectivity index (χ3v) is 1.50. The van der Waals surface area contributed by atoms with Crippen LogP contribution in [0.25, 0.3) is 0 Å². The van der Waals surface area contributed by atoms with Gasteiger partial charge in [-0.15, -0.1) is 0 Å². The Labute approximate surface area is 73.1 Å². The summed E-state index contributed by atoms with van der Waals surface area (Å²) in [5, 5.41) is 0. The van der Waals surface area contributed by atoms with Gasteiger partial charge in [-0.05, 0) is 24.7 Å². The fourth-order valence-corrected chi connectivity index (χ4v) is 0.755. The summed E-state index contributed by atoms with van der Waals surface area (Å²) in [4.78, 5) is 16.2. The number of rotatable bonds is 4. The van der Waals surface area contributed by atoms with Crippen molar-refractivity contribution in [2.45, 2.75) is 26.7 Å². The van der Waals surface area contributed by atoms with Gasteiger partial charge in [0.25, 0.3) is 0 Å². The minimum Gasteiger partial charge on any atom is -0.381 e. The largest absolute Gasteiger partial charge is 0.381 e. The first kappa shape index (κ1) is 11.3. The van der Waals surface area contributed by atoms with E-state index >= 15 is 0 Å². The van der Waals surface area contributed by atoms with Crippen LogP contribution in [0.3, 0.4) is 0 Å². The highest BCUT2D eigenvalue weighted by Gasteiger charge is 2.20. The molecule has 0 unspecified atom stereocenters. The van der Waals surface area contributed by atoms with Crippen LogP contribution in [0, 0.1) is 11.8 Å². The fraction of sp³-hybridized carbons (Fsp3) is 0.889. The quantitative estimate of drug-likeness (QED) is 0.645. The van der Waals surface area contributed by atoms with Crippen LogP contribution in [0.2, 0.25) is 0 Å². The second-order valence-corrected chi connectivity index (χ2v) is 3.46. The molecule has 1 rings (SSSR count). The van der Waals surface area contributed by atoms with Crippen molar-refractivity contribution < 1.29 is 14.3 Å². The SMILES string of the molecule is CC(C)COCC1CC1.O=C=O. The van der Waals surface area contributed by atoms with E-state index in [2.05, 4.69) is 13.8 Å². The highest BCUT2D eigenvalue weighted by Crippen LogP contribution is 2.28. The Morgan fingerprint density at radius 2 is 1.92 bits per heavy atom. The van der Waals surface area contributed by atoms with Gasteiger partial charge in [0.1, 0.15) is 0 Å². The van der Waals surface area contributed by atoms with Crippen molar-refractivity contribution in [3.63, 3.8) is 0 Å². The van der Waals surface area contributed by atoms with Gasteiger partial charge in [0, 0.05) is 13.2 Å². The van der Waals surface area contributed by atoms with Crippen LogP contribution in [0.1, 0.15) is 26.7 Å². The van der Waals surface area contributed by atoms with Crippen LogP contribution < -0.4 is 0 Å². The second kappa shape index (κ2) is 7.01. The average Bonchev–Trinajstić information content (AvgIpc) is 2.72. The van der Waals surface area contributed by atoms with E-state index in [4.69, 9.17) is 14.3 Å². The Balaban J connectivity index is 0.000000354. The third-order valence-electron chi connectivity index (χ3n) is 1.50. The molecule has 1 aliphatic rings. The summed E-state index contributed by atoms with van der Waals surface area (Å²) in [5.74, 6) is 1.62. The standard InChI is InChI=1S/C8H16O.CO2/c1-7(2)5-9-6-8-3-4-8;2-1-3/h7-8H,3-6H2,1-2H3;. The van der Waals surface area contributed by atoms with Crippen molar-refractivity contribution in [1.29, 1.82) is 0 Å². The zero-order valence-corrected chi connectivity index (χ0v) is 7.71. The Kier molecular flexibility index (Phi) is 6.63. The van der Waals surface area contributed by atoms with Gasteiger partial charge in [-0.25, -0.2) is 0 Å². The van der Waals surface area contributed by atoms with Crippen molar-refractivity contribution in [3.8, 4) is 0 Å². The van der Waals surface area contributed by atoms with Crippen LogP contribution in [0.5, 0.6) is 0 Å². The molecule has 0 aromatic heterocycles. The molecule has 0 bridgehead atoms. The summed E-state index contributed by atoms with van der Waals surface area (Å²) < 4.78 is 5.42. The Bertz CT molecular complexity index is 131. The fourth-order valence-electron chi connectivity index (χ4n) is 0.755. The van der Waals surface area contributed by atoms with Gasteiger partial charge in [-0.2, -0.15) is 9.59 Å². The third kappa shape index (κ3) is 9.34. The van der Waals surface area contributed by atoms with Gasteiger partial charge in [0.15, 0.2) is 0 Å². The summed E-state index contributed by atoms with van der Waals surface area (Å²) in [7, 11) is 0. The normalized spacial score (nSPS) is 14.9. The Morgan fingerprint density at radius 1 is 1.42 bits per heavy atom. The van der Waals surface area contributed by atoms with Crippen molar-refractivity contribution in [3.05, 3.63) is 0 Å². The van der Waals surface area contributed by atoms with Crippen LogP contribution >= 0.6 is 0 Å². The van der Waals surface area contributed by atoms with Crippen molar-refractivity contribution >= 4 is 6.15 Å². The van der Waals surface area contributed by atoms with E-state index in [1.54, 1.807) is 0 Å². The van der Waals surface area contributed by atoms with Gasteiger partial charge >= 0.3 is 6.15 Å². The predicted octanol–water partition coefficient (Wildman–Crippen LogP) is 1.49. The molecule has 0 amide bonds. The first-order valence-corrected chi connectivity index (χ1v) is 4.27. The number of hydrogen-bond donors (Lipinski definition) is 0. The molecule has 70 valence electrons. The molecule has 0 N–H and O–H groups in total. The maximum Gasteiger partial charge on any atom is 0.373 e. The van der Waals surface area contributed by atoms with Crippen LogP contribution in [-0.2, 0) is 14.3 Å². The lowest BCUT2D eigenvalue weighted by molar-refractivity contribution is -0.191. The van der Waals surface area contributed by atoms with E-state index < -0.39 is 0 Å². The molecule has 0 aromatic rings. The molecule has 3 nitrogen and oxygen atoms in total. The summed E-state index contributed by atoms with van der Waals surface area (Å²) in [6.07, 6.45) is 3.05. The second-order valence-electron chi connectivity index (χ2n) is 3.46. The number of carbonyl (C=O) groups excluding carboxylic acids is 2. The van der Waals surface area contributed by atoms with E-state index in [9.17, 15) is 0 Å². The first-order valence-electron chi connectivity index (χ1n) is 4.27. The average molecular weight is 172 g/mol. The first-order chi connectivity index (χ1) is 5.70. The van der Waals surface area contributed by atoms with Crippen molar-refractivity contribution in [2.24, 2.45) is 11.8 Å². The molecule has 0 spiro atoms. The molecule has 0 aromatic carbocycles. The maximum atomic E-state index is 8.12. The van der Waals surface area contributed by atoms with E-state index in [0.717, 1.165) is 19.1 Å². The monoisotopic (exact) mass is 172 g/mol. The lowest BCUT2D eigenvalue weighted by Gasteiger charge is -2.04. The summed E-state index contributed by atoms with van der Waals surface area (Å²) in [6.45, 7) is 6.33. The molecular formula is C9H16O3. The Morgan fingerprint density at radius 3 is 2.25 bits per heavy atom. The number of hydrogen-bond acceptors (Lipinski definition) is 3. The van der Waals surface area contributed by atoms with Gasteiger partial charge < -0.3 is 4.74 Å². The summed E-state index contributed by atoms with van der Waals surface area (Å²) in [5.41, 5.74) is 0. The van der Waals surface area contributed by atoms with Crippen molar-refractivity contribution in [2.75, 3.05) is 13.2 Å². The van der Waals surface area contributed by atoms with E-state index in [1.807, 2.05) is 0 Å². The zero-order chi connectivity index (χ0) is 9.40. The molecule has 1 saturated carbocycles. The van der Waals surface area contributed by atoms with Crippen molar-refractivity contribution in [1.82, 2.24) is 0 Å².